The van der Waals surface area contributed by atoms with Gasteiger partial charge in [-0.1, -0.05) is 41.9 Å². The number of carbonyl (C=O) groups is 4. The third kappa shape index (κ3) is 5.31. The lowest BCUT2D eigenvalue weighted by molar-refractivity contribution is -0.122. The number of carbonyl (C=O) groups excluding carboxylic acids is 3. The molecule has 0 bridgehead atoms. The molecule has 188 valence electrons. The van der Waals surface area contributed by atoms with Gasteiger partial charge in [-0.05, 0) is 60.0 Å². The Morgan fingerprint density at radius 3 is 2.54 bits per heavy atom. The number of carboxylic acids is 1. The standard InChI is InChI=1S/C27H21ClN2O7/c1-15-6-3-4-9-21(15)30-25(32)19(24(31)29-27(30)35)11-17-12-20(28)23(22(13-17)36-2)37-14-16-7-5-8-18(10-16)26(33)34/h3-13H,14H2,1-2H3,(H,33,34)(H,29,31,35)/b19-11+. The van der Waals surface area contributed by atoms with Gasteiger partial charge < -0.3 is 14.6 Å². The number of carboxylic acid groups (broad SMARTS) is 1. The lowest BCUT2D eigenvalue weighted by atomic mass is 10.1. The monoisotopic (exact) mass is 520 g/mol. The summed E-state index contributed by atoms with van der Waals surface area (Å²) in [6.07, 6.45) is 1.31. The number of hydrogen-bond donors (Lipinski definition) is 2. The third-order valence-corrected chi connectivity index (χ3v) is 5.86. The minimum Gasteiger partial charge on any atom is -0.493 e. The number of aryl methyl sites for hydroxylation is 1. The second kappa shape index (κ2) is 10.5. The summed E-state index contributed by atoms with van der Waals surface area (Å²) in [7, 11) is 1.40. The zero-order chi connectivity index (χ0) is 26.7. The highest BCUT2D eigenvalue weighted by atomic mass is 35.5. The summed E-state index contributed by atoms with van der Waals surface area (Å²) >= 11 is 6.44. The minimum atomic E-state index is -1.06. The van der Waals surface area contributed by atoms with E-state index in [-0.39, 0.29) is 34.3 Å². The first-order chi connectivity index (χ1) is 17.7. The van der Waals surface area contributed by atoms with Gasteiger partial charge in [0.05, 0.1) is 23.4 Å². The number of halogens is 1. The summed E-state index contributed by atoms with van der Waals surface area (Å²) in [5.74, 6) is -2.25. The average molecular weight is 521 g/mol. The highest BCUT2D eigenvalue weighted by molar-refractivity contribution is 6.39. The van der Waals surface area contributed by atoms with Crippen LogP contribution in [0.25, 0.3) is 6.08 Å². The molecule has 1 aliphatic rings. The summed E-state index contributed by atoms with van der Waals surface area (Å²) in [6.45, 7) is 1.77. The number of barbiturate groups is 1. The number of hydrogen-bond acceptors (Lipinski definition) is 6. The van der Waals surface area contributed by atoms with Crippen molar-refractivity contribution in [2.24, 2.45) is 0 Å². The van der Waals surface area contributed by atoms with Crippen LogP contribution >= 0.6 is 11.6 Å². The van der Waals surface area contributed by atoms with Crippen LogP contribution in [0.3, 0.4) is 0 Å². The highest BCUT2D eigenvalue weighted by Gasteiger charge is 2.37. The second-order valence-corrected chi connectivity index (χ2v) is 8.48. The molecule has 0 saturated carbocycles. The first kappa shape index (κ1) is 25.5. The number of rotatable bonds is 7. The summed E-state index contributed by atoms with van der Waals surface area (Å²) < 4.78 is 11.2. The van der Waals surface area contributed by atoms with E-state index in [1.165, 1.54) is 37.5 Å². The van der Waals surface area contributed by atoms with Gasteiger partial charge in [0.1, 0.15) is 12.2 Å². The second-order valence-electron chi connectivity index (χ2n) is 8.07. The van der Waals surface area contributed by atoms with Crippen LogP contribution in [0.15, 0.2) is 66.2 Å². The van der Waals surface area contributed by atoms with Crippen molar-refractivity contribution in [1.82, 2.24) is 5.32 Å². The molecule has 0 aromatic heterocycles. The molecule has 37 heavy (non-hydrogen) atoms. The van der Waals surface area contributed by atoms with Crippen molar-refractivity contribution in [3.8, 4) is 11.5 Å². The summed E-state index contributed by atoms with van der Waals surface area (Å²) in [5, 5.41) is 11.5. The van der Waals surface area contributed by atoms with Crippen molar-refractivity contribution >= 4 is 47.2 Å². The Morgan fingerprint density at radius 1 is 1.08 bits per heavy atom. The molecule has 0 aliphatic carbocycles. The molecule has 1 fully saturated rings. The maximum Gasteiger partial charge on any atom is 0.335 e. The van der Waals surface area contributed by atoms with E-state index in [2.05, 4.69) is 5.32 Å². The highest BCUT2D eigenvalue weighted by Crippen LogP contribution is 2.38. The van der Waals surface area contributed by atoms with Crippen LogP contribution in [0, 0.1) is 6.92 Å². The number of benzene rings is 3. The Hall–Kier alpha value is -4.63. The number of urea groups is 1. The third-order valence-electron chi connectivity index (χ3n) is 5.58. The zero-order valence-corrected chi connectivity index (χ0v) is 20.5. The van der Waals surface area contributed by atoms with E-state index >= 15 is 0 Å². The summed E-state index contributed by atoms with van der Waals surface area (Å²) in [5.41, 5.74) is 1.86. The molecule has 2 N–H and O–H groups in total. The molecule has 1 aliphatic heterocycles. The number of amides is 4. The molecule has 1 saturated heterocycles. The van der Waals surface area contributed by atoms with Gasteiger partial charge in [0.15, 0.2) is 11.5 Å². The van der Waals surface area contributed by atoms with Gasteiger partial charge in [0.25, 0.3) is 11.8 Å². The van der Waals surface area contributed by atoms with Gasteiger partial charge in [0.2, 0.25) is 0 Å². The lowest BCUT2D eigenvalue weighted by Crippen LogP contribution is -2.54. The molecule has 0 spiro atoms. The molecule has 0 atom stereocenters. The number of imide groups is 2. The van der Waals surface area contributed by atoms with Crippen molar-refractivity contribution in [2.75, 3.05) is 12.0 Å². The van der Waals surface area contributed by atoms with Crippen LogP contribution in [0.1, 0.15) is 27.0 Å². The number of anilines is 1. The first-order valence-electron chi connectivity index (χ1n) is 11.0. The number of methoxy groups -OCH3 is 1. The van der Waals surface area contributed by atoms with E-state index < -0.39 is 23.8 Å². The molecular formula is C27H21ClN2O7. The number of nitrogens with zero attached hydrogens (tertiary/aromatic N) is 1. The largest absolute Gasteiger partial charge is 0.493 e. The predicted octanol–water partition coefficient (Wildman–Crippen LogP) is 4.60. The minimum absolute atomic E-state index is 0.0199. The van der Waals surface area contributed by atoms with Crippen molar-refractivity contribution < 1.29 is 33.8 Å². The number of para-hydroxylation sites is 1. The van der Waals surface area contributed by atoms with E-state index in [1.807, 2.05) is 0 Å². The Labute approximate surface area is 216 Å². The van der Waals surface area contributed by atoms with Crippen LogP contribution in [-0.2, 0) is 16.2 Å². The number of nitrogens with one attached hydrogen (secondary N) is 1. The van der Waals surface area contributed by atoms with Gasteiger partial charge in [-0.25, -0.2) is 14.5 Å². The van der Waals surface area contributed by atoms with Crippen LogP contribution in [0.5, 0.6) is 11.5 Å². The Morgan fingerprint density at radius 2 is 1.84 bits per heavy atom. The van der Waals surface area contributed by atoms with Gasteiger partial charge in [-0.3, -0.25) is 14.9 Å². The molecule has 9 nitrogen and oxygen atoms in total. The molecule has 4 amide bonds. The summed E-state index contributed by atoms with van der Waals surface area (Å²) in [6, 6.07) is 15.2. The average Bonchev–Trinajstić information content (AvgIpc) is 2.86. The maximum absolute atomic E-state index is 13.2. The lowest BCUT2D eigenvalue weighted by Gasteiger charge is -2.27. The fourth-order valence-corrected chi connectivity index (χ4v) is 4.04. The quantitative estimate of drug-likeness (QED) is 0.345. The molecule has 3 aromatic carbocycles. The maximum atomic E-state index is 13.2. The smallest absolute Gasteiger partial charge is 0.335 e. The molecule has 0 radical (unpaired) electrons. The van der Waals surface area contributed by atoms with Crippen molar-refractivity contribution in [3.63, 3.8) is 0 Å². The van der Waals surface area contributed by atoms with E-state index in [1.54, 1.807) is 43.3 Å². The van der Waals surface area contributed by atoms with Crippen LogP contribution in [0.2, 0.25) is 5.02 Å². The fraction of sp³-hybridized carbons (Fsp3) is 0.111. The summed E-state index contributed by atoms with van der Waals surface area (Å²) in [4.78, 5) is 50.3. The number of aromatic carboxylic acids is 1. The van der Waals surface area contributed by atoms with E-state index in [0.29, 0.717) is 22.4 Å². The molecule has 3 aromatic rings. The van der Waals surface area contributed by atoms with Crippen LogP contribution < -0.4 is 19.7 Å². The van der Waals surface area contributed by atoms with Crippen molar-refractivity contribution in [1.29, 1.82) is 0 Å². The van der Waals surface area contributed by atoms with Crippen molar-refractivity contribution in [3.05, 3.63) is 93.5 Å². The van der Waals surface area contributed by atoms with Gasteiger partial charge >= 0.3 is 12.0 Å². The predicted molar refractivity (Wildman–Crippen MR) is 136 cm³/mol. The Balaban J connectivity index is 1.64. The zero-order valence-electron chi connectivity index (χ0n) is 19.8. The van der Waals surface area contributed by atoms with Crippen molar-refractivity contribution in [2.45, 2.75) is 13.5 Å². The van der Waals surface area contributed by atoms with Gasteiger partial charge in [0, 0.05) is 0 Å². The fourth-order valence-electron chi connectivity index (χ4n) is 3.77. The molecule has 4 rings (SSSR count). The van der Waals surface area contributed by atoms with E-state index in [0.717, 1.165) is 4.90 Å². The molecular weight excluding hydrogens is 500 g/mol. The SMILES string of the molecule is COc1cc(/C=C2\C(=O)NC(=O)N(c3ccccc3C)C2=O)cc(Cl)c1OCc1cccc(C(=O)O)c1. The van der Waals surface area contributed by atoms with Crippen LogP contribution in [-0.4, -0.2) is 36.0 Å². The molecule has 10 heteroatoms. The Bertz CT molecular complexity index is 1460. The number of ether oxygens (including phenoxy) is 2. The topological polar surface area (TPSA) is 122 Å². The van der Waals surface area contributed by atoms with E-state index in [4.69, 9.17) is 21.1 Å². The first-order valence-corrected chi connectivity index (χ1v) is 11.4. The van der Waals surface area contributed by atoms with Gasteiger partial charge in [-0.15, -0.1) is 0 Å². The normalized spacial score (nSPS) is 14.5. The molecule has 0 unspecified atom stereocenters. The Kier molecular flexibility index (Phi) is 7.26. The molecule has 1 heterocycles. The van der Waals surface area contributed by atoms with Crippen LogP contribution in [0.4, 0.5) is 10.5 Å². The van der Waals surface area contributed by atoms with E-state index in [9.17, 15) is 24.3 Å². The van der Waals surface area contributed by atoms with Gasteiger partial charge in [-0.2, -0.15) is 0 Å².